The average molecular weight is 302 g/mol. The molecule has 0 aromatic rings. The summed E-state index contributed by atoms with van der Waals surface area (Å²) in [5.74, 6) is 1.67. The second-order valence-corrected chi connectivity index (χ2v) is 10.2. The number of hydrogen-bond acceptors (Lipinski definition) is 2. The summed E-state index contributed by atoms with van der Waals surface area (Å²) in [4.78, 5) is 26.6. The third kappa shape index (κ3) is 1.21. The molecule has 0 heterocycles. The first-order valence-electron chi connectivity index (χ1n) is 9.09. The highest BCUT2D eigenvalue weighted by Crippen LogP contribution is 2.73. The lowest BCUT2D eigenvalue weighted by Crippen LogP contribution is -2.41. The lowest BCUT2D eigenvalue weighted by molar-refractivity contribution is -0.141. The molecular formula is C20H30O2. The van der Waals surface area contributed by atoms with E-state index < -0.39 is 0 Å². The lowest BCUT2D eigenvalue weighted by atomic mass is 9.67. The maximum Gasteiger partial charge on any atom is 0.143 e. The average Bonchev–Trinajstić information content (AvgIpc) is 2.90. The summed E-state index contributed by atoms with van der Waals surface area (Å²) in [6, 6.07) is 0. The van der Waals surface area contributed by atoms with Crippen LogP contribution in [0.25, 0.3) is 0 Å². The van der Waals surface area contributed by atoms with Crippen LogP contribution in [0.3, 0.4) is 0 Å². The fraction of sp³-hybridized carbons (Fsp3) is 0.900. The minimum absolute atomic E-state index is 0.00708. The van der Waals surface area contributed by atoms with Gasteiger partial charge in [-0.15, -0.1) is 0 Å². The monoisotopic (exact) mass is 302 g/mol. The van der Waals surface area contributed by atoms with E-state index in [0.29, 0.717) is 23.4 Å². The fourth-order valence-electron chi connectivity index (χ4n) is 7.14. The van der Waals surface area contributed by atoms with Crippen LogP contribution in [0.15, 0.2) is 0 Å². The van der Waals surface area contributed by atoms with E-state index in [1.165, 1.54) is 0 Å². The van der Waals surface area contributed by atoms with Gasteiger partial charge in [0.2, 0.25) is 0 Å². The van der Waals surface area contributed by atoms with E-state index in [2.05, 4.69) is 41.5 Å². The van der Waals surface area contributed by atoms with Crippen LogP contribution in [-0.4, -0.2) is 11.6 Å². The summed E-state index contributed by atoms with van der Waals surface area (Å²) in [5, 5.41) is 0. The van der Waals surface area contributed by atoms with Crippen LogP contribution in [0.5, 0.6) is 0 Å². The normalized spacial score (nSPS) is 54.5. The van der Waals surface area contributed by atoms with Gasteiger partial charge in [-0.05, 0) is 48.3 Å². The Bertz CT molecular complexity index is 535. The highest BCUT2D eigenvalue weighted by atomic mass is 16.1. The van der Waals surface area contributed by atoms with Crippen LogP contribution < -0.4 is 0 Å². The van der Waals surface area contributed by atoms with Gasteiger partial charge in [0.05, 0.1) is 0 Å². The van der Waals surface area contributed by atoms with Crippen LogP contribution in [0.4, 0.5) is 0 Å². The van der Waals surface area contributed by atoms with Crippen molar-refractivity contribution in [2.75, 3.05) is 0 Å². The quantitative estimate of drug-likeness (QED) is 0.725. The molecule has 4 rings (SSSR count). The summed E-state index contributed by atoms with van der Waals surface area (Å²) in [7, 11) is 0. The standard InChI is InChI=1S/C20H30O2/c1-17(2)11-7-9-19(17,5)15(21)13(11)14-12-8-10-20(6,16(14)22)18(12,3)4/h11-14H,7-10H2,1-6H3/t11-,12+,13+,14-,19-,20-/m1/s1. The number of hydrogen-bond donors (Lipinski definition) is 0. The van der Waals surface area contributed by atoms with Crippen molar-refractivity contribution in [3.05, 3.63) is 0 Å². The molecule has 4 bridgehead atoms. The highest BCUT2D eigenvalue weighted by Gasteiger charge is 2.74. The number of carbonyl (C=O) groups is 2. The minimum atomic E-state index is -0.199. The van der Waals surface area contributed by atoms with E-state index in [1.54, 1.807) is 0 Å². The van der Waals surface area contributed by atoms with Crippen LogP contribution in [0.2, 0.25) is 0 Å². The highest BCUT2D eigenvalue weighted by molar-refractivity contribution is 6.00. The van der Waals surface area contributed by atoms with Gasteiger partial charge < -0.3 is 0 Å². The molecule has 0 saturated heterocycles. The third-order valence-electron chi connectivity index (χ3n) is 9.56. The summed E-state index contributed by atoms with van der Waals surface area (Å²) < 4.78 is 0. The Morgan fingerprint density at radius 3 is 1.23 bits per heavy atom. The van der Waals surface area contributed by atoms with E-state index in [9.17, 15) is 9.59 Å². The first-order valence-corrected chi connectivity index (χ1v) is 9.09. The zero-order chi connectivity index (χ0) is 16.3. The molecule has 2 heteroatoms. The summed E-state index contributed by atoms with van der Waals surface area (Å²) in [6.45, 7) is 13.4. The molecule has 4 aliphatic carbocycles. The van der Waals surface area contributed by atoms with Crippen LogP contribution in [0, 0.1) is 45.3 Å². The van der Waals surface area contributed by atoms with Gasteiger partial charge in [0, 0.05) is 22.7 Å². The van der Waals surface area contributed by atoms with Gasteiger partial charge in [-0.1, -0.05) is 41.5 Å². The topological polar surface area (TPSA) is 34.1 Å². The van der Waals surface area contributed by atoms with Crippen LogP contribution in [0.1, 0.15) is 67.2 Å². The van der Waals surface area contributed by atoms with E-state index in [1.807, 2.05) is 0 Å². The molecule has 0 unspecified atom stereocenters. The van der Waals surface area contributed by atoms with Crippen molar-refractivity contribution >= 4 is 11.6 Å². The van der Waals surface area contributed by atoms with E-state index >= 15 is 0 Å². The van der Waals surface area contributed by atoms with Gasteiger partial charge in [0.1, 0.15) is 11.6 Å². The van der Waals surface area contributed by atoms with Gasteiger partial charge in [-0.25, -0.2) is 0 Å². The Balaban J connectivity index is 1.80. The number of rotatable bonds is 1. The number of ketones is 2. The Labute approximate surface area is 134 Å². The van der Waals surface area contributed by atoms with Gasteiger partial charge in [-0.2, -0.15) is 0 Å². The van der Waals surface area contributed by atoms with E-state index in [4.69, 9.17) is 0 Å². The number of carbonyl (C=O) groups excluding carboxylic acids is 2. The maximum atomic E-state index is 13.3. The van der Waals surface area contributed by atoms with Crippen molar-refractivity contribution in [1.82, 2.24) is 0 Å². The molecule has 122 valence electrons. The van der Waals surface area contributed by atoms with Crippen molar-refractivity contribution in [2.45, 2.75) is 67.2 Å². The maximum absolute atomic E-state index is 13.3. The largest absolute Gasteiger partial charge is 0.299 e. The minimum Gasteiger partial charge on any atom is -0.299 e. The molecule has 0 radical (unpaired) electrons. The van der Waals surface area contributed by atoms with E-state index in [-0.39, 0.29) is 33.5 Å². The second kappa shape index (κ2) is 3.70. The lowest BCUT2D eigenvalue weighted by Gasteiger charge is -2.34. The molecule has 4 fully saturated rings. The smallest absolute Gasteiger partial charge is 0.143 e. The van der Waals surface area contributed by atoms with Crippen molar-refractivity contribution in [2.24, 2.45) is 45.3 Å². The predicted octanol–water partition coefficient (Wildman–Crippen LogP) is 4.27. The first-order chi connectivity index (χ1) is 10.00. The Morgan fingerprint density at radius 2 is 1.00 bits per heavy atom. The molecule has 2 nitrogen and oxygen atoms in total. The van der Waals surface area contributed by atoms with Crippen LogP contribution in [-0.2, 0) is 9.59 Å². The second-order valence-electron chi connectivity index (χ2n) is 10.2. The molecule has 0 amide bonds. The Hall–Kier alpha value is -0.660. The molecule has 0 spiro atoms. The van der Waals surface area contributed by atoms with Gasteiger partial charge in [0.15, 0.2) is 0 Å². The molecule has 0 N–H and O–H groups in total. The molecule has 4 aliphatic rings. The predicted molar refractivity (Wildman–Crippen MR) is 86.2 cm³/mol. The van der Waals surface area contributed by atoms with Crippen molar-refractivity contribution in [3.8, 4) is 0 Å². The van der Waals surface area contributed by atoms with Crippen molar-refractivity contribution in [3.63, 3.8) is 0 Å². The molecule has 4 saturated carbocycles. The zero-order valence-electron chi connectivity index (χ0n) is 15.0. The molecule has 0 aromatic carbocycles. The Morgan fingerprint density at radius 1 is 0.682 bits per heavy atom. The number of Topliss-reactive ketones (excluding diaryl/α,β-unsaturated/α-hetero) is 2. The third-order valence-corrected chi connectivity index (χ3v) is 9.56. The Kier molecular flexibility index (Phi) is 2.51. The molecule has 0 aliphatic heterocycles. The molecule has 22 heavy (non-hydrogen) atoms. The summed E-state index contributed by atoms with van der Waals surface area (Å²) in [5.41, 5.74) is -0.283. The summed E-state index contributed by atoms with van der Waals surface area (Å²) in [6.07, 6.45) is 4.31. The SMILES string of the molecule is CC1(C)[C@@H]2CC[C@]1(C)C(=O)[C@@H]2[C@@H]1C(=O)[C@@]2(C)CC[C@@H]1C2(C)C. The molecular weight excluding hydrogens is 272 g/mol. The van der Waals surface area contributed by atoms with Crippen molar-refractivity contribution in [1.29, 1.82) is 0 Å². The summed E-state index contributed by atoms with van der Waals surface area (Å²) >= 11 is 0. The van der Waals surface area contributed by atoms with Crippen LogP contribution >= 0.6 is 0 Å². The number of fused-ring (bicyclic) bond motifs is 4. The zero-order valence-corrected chi connectivity index (χ0v) is 15.0. The fourth-order valence-corrected chi connectivity index (χ4v) is 7.14. The van der Waals surface area contributed by atoms with Gasteiger partial charge in [0.25, 0.3) is 0 Å². The van der Waals surface area contributed by atoms with E-state index in [0.717, 1.165) is 25.7 Å². The van der Waals surface area contributed by atoms with Crippen molar-refractivity contribution < 1.29 is 9.59 Å². The van der Waals surface area contributed by atoms with Gasteiger partial charge >= 0.3 is 0 Å². The van der Waals surface area contributed by atoms with Gasteiger partial charge in [-0.3, -0.25) is 9.59 Å². The molecule has 0 aromatic heterocycles. The first kappa shape index (κ1) is 14.9. The molecule has 6 atom stereocenters.